The summed E-state index contributed by atoms with van der Waals surface area (Å²) in [5, 5.41) is 9.36. The van der Waals surface area contributed by atoms with Crippen LogP contribution in [-0.2, 0) is 0 Å². The van der Waals surface area contributed by atoms with Crippen LogP contribution in [0.1, 0.15) is 18.5 Å². The summed E-state index contributed by atoms with van der Waals surface area (Å²) < 4.78 is 5.79. The van der Waals surface area contributed by atoms with E-state index in [1.165, 1.54) is 25.9 Å². The monoisotopic (exact) mass is 299 g/mol. The van der Waals surface area contributed by atoms with Crippen LogP contribution < -0.4 is 4.74 Å². The van der Waals surface area contributed by atoms with Crippen LogP contribution >= 0.6 is 0 Å². The first-order valence-corrected chi connectivity index (χ1v) is 7.71. The molecule has 1 aromatic heterocycles. The van der Waals surface area contributed by atoms with Crippen molar-refractivity contribution in [3.05, 3.63) is 36.0 Å². The van der Waals surface area contributed by atoms with E-state index in [-0.39, 0.29) is 5.75 Å². The Kier molecular flexibility index (Phi) is 4.53. The van der Waals surface area contributed by atoms with E-state index in [4.69, 9.17) is 4.74 Å². The van der Waals surface area contributed by atoms with E-state index < -0.39 is 0 Å². The average Bonchev–Trinajstić information content (AvgIpc) is 3.01. The number of phenols is 1. The summed E-state index contributed by atoms with van der Waals surface area (Å²) in [7, 11) is 0. The molecule has 1 aliphatic heterocycles. The van der Waals surface area contributed by atoms with Crippen molar-refractivity contribution in [3.63, 3.8) is 0 Å². The fraction of sp³-hybridized carbons (Fsp3) is 0.412. The molecule has 0 amide bonds. The Hall–Kier alpha value is -2.14. The van der Waals surface area contributed by atoms with Gasteiger partial charge < -0.3 is 9.84 Å². The van der Waals surface area contributed by atoms with Gasteiger partial charge in [-0.3, -0.25) is 4.90 Å². The predicted molar refractivity (Wildman–Crippen MR) is 85.0 cm³/mol. The summed E-state index contributed by atoms with van der Waals surface area (Å²) in [6, 6.07) is 8.73. The Balaban J connectivity index is 1.67. The lowest BCUT2D eigenvalue weighted by molar-refractivity contribution is 0.232. The van der Waals surface area contributed by atoms with Crippen LogP contribution in [0.4, 0.5) is 0 Å². The minimum atomic E-state index is 0.235. The first kappa shape index (κ1) is 14.8. The lowest BCUT2D eigenvalue weighted by Gasteiger charge is -2.15. The molecule has 1 fully saturated rings. The third kappa shape index (κ3) is 3.74. The molecule has 1 aromatic carbocycles. The molecule has 0 bridgehead atoms. The fourth-order valence-corrected chi connectivity index (χ4v) is 2.64. The molecule has 116 valence electrons. The minimum absolute atomic E-state index is 0.235. The van der Waals surface area contributed by atoms with Gasteiger partial charge in [0.1, 0.15) is 12.4 Å². The molecule has 5 nitrogen and oxygen atoms in total. The average molecular weight is 299 g/mol. The van der Waals surface area contributed by atoms with Crippen molar-refractivity contribution in [2.24, 2.45) is 0 Å². The molecule has 0 aliphatic carbocycles. The molecule has 1 saturated heterocycles. The largest absolute Gasteiger partial charge is 0.508 e. The molecule has 0 unspecified atom stereocenters. The first-order chi connectivity index (χ1) is 10.7. The summed E-state index contributed by atoms with van der Waals surface area (Å²) in [5.41, 5.74) is 1.74. The highest BCUT2D eigenvalue weighted by molar-refractivity contribution is 5.56. The number of aromatic hydroxyl groups is 1. The van der Waals surface area contributed by atoms with E-state index in [1.807, 2.05) is 13.0 Å². The van der Waals surface area contributed by atoms with Gasteiger partial charge in [0.25, 0.3) is 0 Å². The van der Waals surface area contributed by atoms with Crippen LogP contribution in [0.3, 0.4) is 0 Å². The zero-order chi connectivity index (χ0) is 15.4. The molecule has 2 heterocycles. The van der Waals surface area contributed by atoms with Crippen LogP contribution in [0.25, 0.3) is 11.4 Å². The van der Waals surface area contributed by atoms with E-state index in [1.54, 1.807) is 24.3 Å². The summed E-state index contributed by atoms with van der Waals surface area (Å²) in [6.07, 6.45) is 2.58. The zero-order valence-corrected chi connectivity index (χ0v) is 12.8. The topological polar surface area (TPSA) is 58.5 Å². The molecule has 2 aromatic rings. The summed E-state index contributed by atoms with van der Waals surface area (Å²) >= 11 is 0. The summed E-state index contributed by atoms with van der Waals surface area (Å²) in [4.78, 5) is 11.3. The van der Waals surface area contributed by atoms with Crippen LogP contribution in [0.2, 0.25) is 0 Å². The Labute approximate surface area is 130 Å². The Morgan fingerprint density at radius 2 is 1.86 bits per heavy atom. The molecule has 22 heavy (non-hydrogen) atoms. The van der Waals surface area contributed by atoms with Gasteiger partial charge >= 0.3 is 0 Å². The van der Waals surface area contributed by atoms with Crippen LogP contribution in [0.5, 0.6) is 11.6 Å². The van der Waals surface area contributed by atoms with Gasteiger partial charge in [0.2, 0.25) is 5.88 Å². The van der Waals surface area contributed by atoms with Crippen LogP contribution in [-0.4, -0.2) is 46.2 Å². The van der Waals surface area contributed by atoms with Crippen molar-refractivity contribution in [3.8, 4) is 23.0 Å². The molecule has 0 atom stereocenters. The van der Waals surface area contributed by atoms with Crippen LogP contribution in [0.15, 0.2) is 30.3 Å². The van der Waals surface area contributed by atoms with Gasteiger partial charge in [-0.2, -0.15) is 4.98 Å². The van der Waals surface area contributed by atoms with Gasteiger partial charge in [-0.15, -0.1) is 0 Å². The molecular weight excluding hydrogens is 278 g/mol. The number of ether oxygens (including phenoxy) is 1. The van der Waals surface area contributed by atoms with E-state index in [0.29, 0.717) is 18.3 Å². The van der Waals surface area contributed by atoms with Gasteiger partial charge in [0.15, 0.2) is 5.82 Å². The van der Waals surface area contributed by atoms with E-state index in [2.05, 4.69) is 14.9 Å². The van der Waals surface area contributed by atoms with Crippen molar-refractivity contribution in [1.29, 1.82) is 0 Å². The number of phenolic OH excluding ortho intramolecular Hbond substituents is 1. The van der Waals surface area contributed by atoms with Gasteiger partial charge in [-0.25, -0.2) is 4.98 Å². The number of aryl methyl sites for hydroxylation is 1. The van der Waals surface area contributed by atoms with Gasteiger partial charge in [-0.1, -0.05) is 0 Å². The first-order valence-electron chi connectivity index (χ1n) is 7.71. The number of rotatable bonds is 5. The fourth-order valence-electron chi connectivity index (χ4n) is 2.64. The second-order valence-electron chi connectivity index (χ2n) is 5.62. The van der Waals surface area contributed by atoms with Crippen molar-refractivity contribution >= 4 is 0 Å². The maximum Gasteiger partial charge on any atom is 0.217 e. The Morgan fingerprint density at radius 1 is 1.14 bits per heavy atom. The van der Waals surface area contributed by atoms with E-state index >= 15 is 0 Å². The molecule has 5 heteroatoms. The van der Waals surface area contributed by atoms with Crippen LogP contribution in [0, 0.1) is 6.92 Å². The van der Waals surface area contributed by atoms with Gasteiger partial charge in [0.05, 0.1) is 0 Å². The second kappa shape index (κ2) is 6.75. The second-order valence-corrected chi connectivity index (χ2v) is 5.62. The number of nitrogens with zero attached hydrogens (tertiary/aromatic N) is 3. The van der Waals surface area contributed by atoms with Crippen molar-refractivity contribution in [2.45, 2.75) is 19.8 Å². The quantitative estimate of drug-likeness (QED) is 0.919. The standard InChI is InChI=1S/C17H21N3O2/c1-13-12-16(22-11-10-20-8-2-3-9-20)19-17(18-13)14-4-6-15(21)7-5-14/h4-7,12,21H,2-3,8-11H2,1H3. The molecule has 3 rings (SSSR count). The highest BCUT2D eigenvalue weighted by Gasteiger charge is 2.11. The van der Waals surface area contributed by atoms with Gasteiger partial charge in [-0.05, 0) is 57.1 Å². The molecule has 0 radical (unpaired) electrons. The lowest BCUT2D eigenvalue weighted by atomic mass is 10.2. The third-order valence-corrected chi connectivity index (χ3v) is 3.81. The smallest absolute Gasteiger partial charge is 0.217 e. The Morgan fingerprint density at radius 3 is 2.59 bits per heavy atom. The summed E-state index contributed by atoms with van der Waals surface area (Å²) in [6.45, 7) is 5.86. The normalized spacial score (nSPS) is 15.1. The predicted octanol–water partition coefficient (Wildman–Crippen LogP) is 2.63. The molecule has 1 N–H and O–H groups in total. The minimum Gasteiger partial charge on any atom is -0.508 e. The van der Waals surface area contributed by atoms with Crippen molar-refractivity contribution in [1.82, 2.24) is 14.9 Å². The molecular formula is C17H21N3O2. The third-order valence-electron chi connectivity index (χ3n) is 3.81. The van der Waals surface area contributed by atoms with Crippen molar-refractivity contribution < 1.29 is 9.84 Å². The number of aromatic nitrogens is 2. The number of hydrogen-bond donors (Lipinski definition) is 1. The van der Waals surface area contributed by atoms with Crippen molar-refractivity contribution in [2.75, 3.05) is 26.2 Å². The number of hydrogen-bond acceptors (Lipinski definition) is 5. The SMILES string of the molecule is Cc1cc(OCCN2CCCC2)nc(-c2ccc(O)cc2)n1. The van der Waals surface area contributed by atoms with E-state index in [0.717, 1.165) is 17.8 Å². The number of benzene rings is 1. The number of likely N-dealkylation sites (tertiary alicyclic amines) is 1. The highest BCUT2D eigenvalue weighted by Crippen LogP contribution is 2.21. The summed E-state index contributed by atoms with van der Waals surface area (Å²) in [5.74, 6) is 1.46. The van der Waals surface area contributed by atoms with Gasteiger partial charge in [0, 0.05) is 23.9 Å². The molecule has 1 aliphatic rings. The molecule has 0 saturated carbocycles. The highest BCUT2D eigenvalue weighted by atomic mass is 16.5. The molecule has 0 spiro atoms. The zero-order valence-electron chi connectivity index (χ0n) is 12.8. The maximum absolute atomic E-state index is 9.36. The Bertz CT molecular complexity index is 622. The lowest BCUT2D eigenvalue weighted by Crippen LogP contribution is -2.25. The van der Waals surface area contributed by atoms with E-state index in [9.17, 15) is 5.11 Å². The maximum atomic E-state index is 9.36.